The second kappa shape index (κ2) is 5.59. The fourth-order valence-corrected chi connectivity index (χ4v) is 1.54. The highest BCUT2D eigenvalue weighted by atomic mass is 16.7. The van der Waals surface area contributed by atoms with Gasteiger partial charge in [0.25, 0.3) is 0 Å². The van der Waals surface area contributed by atoms with E-state index in [1.54, 1.807) is 6.92 Å². The summed E-state index contributed by atoms with van der Waals surface area (Å²) in [5, 5.41) is 14.3. The molecule has 2 amide bonds. The minimum Gasteiger partial charge on any atom is -0.454 e. The monoisotopic (exact) mass is 252 g/mol. The average molecular weight is 252 g/mol. The Bertz CT molecular complexity index is 434. The first-order valence-electron chi connectivity index (χ1n) is 5.73. The van der Waals surface area contributed by atoms with E-state index < -0.39 is 6.10 Å². The van der Waals surface area contributed by atoms with E-state index in [2.05, 4.69) is 10.6 Å². The van der Waals surface area contributed by atoms with Crippen LogP contribution < -0.4 is 20.1 Å². The van der Waals surface area contributed by atoms with E-state index in [0.717, 1.165) is 11.3 Å². The van der Waals surface area contributed by atoms with Gasteiger partial charge in [-0.05, 0) is 24.6 Å². The predicted octanol–water partition coefficient (Wildman–Crippen LogP) is 0.595. The zero-order chi connectivity index (χ0) is 13.0. The molecule has 1 aromatic rings. The third-order valence-electron chi connectivity index (χ3n) is 2.45. The minimum absolute atomic E-state index is 0.229. The molecule has 1 heterocycles. The molecule has 0 unspecified atom stereocenters. The number of nitrogens with one attached hydrogen (secondary N) is 2. The molecule has 98 valence electrons. The van der Waals surface area contributed by atoms with Gasteiger partial charge in [-0.25, -0.2) is 4.79 Å². The van der Waals surface area contributed by atoms with Crippen molar-refractivity contribution in [2.24, 2.45) is 0 Å². The number of ether oxygens (including phenoxy) is 2. The van der Waals surface area contributed by atoms with E-state index >= 15 is 0 Å². The molecule has 18 heavy (non-hydrogen) atoms. The van der Waals surface area contributed by atoms with Crippen LogP contribution in [-0.4, -0.2) is 30.6 Å². The summed E-state index contributed by atoms with van der Waals surface area (Å²) in [5.41, 5.74) is 0.923. The number of benzene rings is 1. The van der Waals surface area contributed by atoms with E-state index in [9.17, 15) is 4.79 Å². The molecular formula is C12H16N2O4. The van der Waals surface area contributed by atoms with Crippen LogP contribution in [0.25, 0.3) is 0 Å². The Kier molecular flexibility index (Phi) is 3.88. The first-order chi connectivity index (χ1) is 8.65. The number of aliphatic hydroxyl groups excluding tert-OH is 1. The molecule has 0 saturated heterocycles. The number of urea groups is 1. The molecule has 1 atom stereocenters. The summed E-state index contributed by atoms with van der Waals surface area (Å²) in [6, 6.07) is 5.20. The number of hydrogen-bond donors (Lipinski definition) is 3. The molecule has 0 fully saturated rings. The van der Waals surface area contributed by atoms with Crippen molar-refractivity contribution >= 4 is 6.03 Å². The van der Waals surface area contributed by atoms with E-state index in [4.69, 9.17) is 14.6 Å². The largest absolute Gasteiger partial charge is 0.454 e. The van der Waals surface area contributed by atoms with Crippen molar-refractivity contribution in [1.29, 1.82) is 0 Å². The maximum atomic E-state index is 11.4. The SMILES string of the molecule is C[C@@H](O)CNC(=O)NCc1ccc2c(c1)OCO2. The second-order valence-electron chi connectivity index (χ2n) is 4.10. The molecule has 1 aliphatic rings. The van der Waals surface area contributed by atoms with Crippen LogP contribution >= 0.6 is 0 Å². The molecule has 1 aromatic carbocycles. The Morgan fingerprint density at radius 3 is 2.94 bits per heavy atom. The number of carbonyl (C=O) groups is 1. The lowest BCUT2D eigenvalue weighted by molar-refractivity contribution is 0.174. The summed E-state index contributed by atoms with van der Waals surface area (Å²) in [4.78, 5) is 11.4. The molecular weight excluding hydrogens is 236 g/mol. The maximum Gasteiger partial charge on any atom is 0.315 e. The number of amides is 2. The lowest BCUT2D eigenvalue weighted by Gasteiger charge is -2.09. The number of hydrogen-bond acceptors (Lipinski definition) is 4. The average Bonchev–Trinajstić information content (AvgIpc) is 2.81. The molecule has 6 heteroatoms. The van der Waals surface area contributed by atoms with Gasteiger partial charge in [0, 0.05) is 13.1 Å². The van der Waals surface area contributed by atoms with Crippen molar-refractivity contribution in [3.8, 4) is 11.5 Å². The van der Waals surface area contributed by atoms with Gasteiger partial charge in [-0.2, -0.15) is 0 Å². The van der Waals surface area contributed by atoms with Gasteiger partial charge in [-0.1, -0.05) is 6.07 Å². The predicted molar refractivity (Wildman–Crippen MR) is 64.5 cm³/mol. The fourth-order valence-electron chi connectivity index (χ4n) is 1.54. The van der Waals surface area contributed by atoms with Gasteiger partial charge in [0.05, 0.1) is 6.10 Å². The van der Waals surface area contributed by atoms with E-state index in [0.29, 0.717) is 12.3 Å². The number of fused-ring (bicyclic) bond motifs is 1. The lowest BCUT2D eigenvalue weighted by Crippen LogP contribution is -2.38. The van der Waals surface area contributed by atoms with Crippen LogP contribution in [0.15, 0.2) is 18.2 Å². The first kappa shape index (κ1) is 12.5. The van der Waals surface area contributed by atoms with Crippen LogP contribution in [-0.2, 0) is 6.54 Å². The van der Waals surface area contributed by atoms with Crippen LogP contribution in [0.5, 0.6) is 11.5 Å². The summed E-state index contributed by atoms with van der Waals surface area (Å²) in [6.07, 6.45) is -0.554. The molecule has 0 radical (unpaired) electrons. The van der Waals surface area contributed by atoms with Gasteiger partial charge < -0.3 is 25.2 Å². The van der Waals surface area contributed by atoms with E-state index in [1.807, 2.05) is 18.2 Å². The second-order valence-corrected chi connectivity index (χ2v) is 4.10. The summed E-state index contributed by atoms with van der Waals surface area (Å²) in [7, 11) is 0. The quantitative estimate of drug-likeness (QED) is 0.733. The Morgan fingerprint density at radius 2 is 2.17 bits per heavy atom. The van der Waals surface area contributed by atoms with Crippen molar-refractivity contribution in [3.05, 3.63) is 23.8 Å². The highest BCUT2D eigenvalue weighted by Gasteiger charge is 2.13. The van der Waals surface area contributed by atoms with Crippen LogP contribution in [0.1, 0.15) is 12.5 Å². The summed E-state index contributed by atoms with van der Waals surface area (Å²) >= 11 is 0. The maximum absolute atomic E-state index is 11.4. The summed E-state index contributed by atoms with van der Waals surface area (Å²) < 4.78 is 10.4. The van der Waals surface area contributed by atoms with Crippen molar-refractivity contribution < 1.29 is 19.4 Å². The van der Waals surface area contributed by atoms with E-state index in [1.165, 1.54) is 0 Å². The first-order valence-corrected chi connectivity index (χ1v) is 5.73. The number of aliphatic hydroxyl groups is 1. The molecule has 0 bridgehead atoms. The molecule has 6 nitrogen and oxygen atoms in total. The molecule has 0 aliphatic carbocycles. The summed E-state index contributed by atoms with van der Waals surface area (Å²) in [5.74, 6) is 1.41. The Balaban J connectivity index is 1.81. The van der Waals surface area contributed by atoms with E-state index in [-0.39, 0.29) is 19.4 Å². The molecule has 3 N–H and O–H groups in total. The number of rotatable bonds is 4. The van der Waals surface area contributed by atoms with Gasteiger partial charge in [0.1, 0.15) is 0 Å². The van der Waals surface area contributed by atoms with Gasteiger partial charge in [-0.15, -0.1) is 0 Å². The van der Waals surface area contributed by atoms with Gasteiger partial charge in [-0.3, -0.25) is 0 Å². The molecule has 0 saturated carbocycles. The summed E-state index contributed by atoms with van der Waals surface area (Å²) in [6.45, 7) is 2.47. The highest BCUT2D eigenvalue weighted by molar-refractivity contribution is 5.73. The number of carbonyl (C=O) groups excluding carboxylic acids is 1. The Labute approximate surface area is 105 Å². The molecule has 1 aliphatic heterocycles. The smallest absolute Gasteiger partial charge is 0.315 e. The molecule has 0 aromatic heterocycles. The van der Waals surface area contributed by atoms with Crippen LogP contribution in [0, 0.1) is 0 Å². The van der Waals surface area contributed by atoms with Crippen molar-refractivity contribution in [3.63, 3.8) is 0 Å². The zero-order valence-corrected chi connectivity index (χ0v) is 10.1. The van der Waals surface area contributed by atoms with Crippen molar-refractivity contribution in [2.45, 2.75) is 19.6 Å². The molecule has 0 spiro atoms. The van der Waals surface area contributed by atoms with Crippen LogP contribution in [0.4, 0.5) is 4.79 Å². The third kappa shape index (κ3) is 3.27. The minimum atomic E-state index is -0.554. The van der Waals surface area contributed by atoms with Gasteiger partial charge in [0.15, 0.2) is 11.5 Å². The normalized spacial score (nSPS) is 14.1. The Hall–Kier alpha value is -1.95. The highest BCUT2D eigenvalue weighted by Crippen LogP contribution is 2.32. The fraction of sp³-hybridized carbons (Fsp3) is 0.417. The third-order valence-corrected chi connectivity index (χ3v) is 2.45. The lowest BCUT2D eigenvalue weighted by atomic mass is 10.2. The Morgan fingerprint density at radius 1 is 1.39 bits per heavy atom. The standard InChI is InChI=1S/C12H16N2O4/c1-8(15)5-13-12(16)14-6-9-2-3-10-11(4-9)18-7-17-10/h2-4,8,15H,5-7H2,1H3,(H2,13,14,16)/t8-/m1/s1. The zero-order valence-electron chi connectivity index (χ0n) is 10.1. The van der Waals surface area contributed by atoms with Crippen molar-refractivity contribution in [2.75, 3.05) is 13.3 Å². The molecule has 2 rings (SSSR count). The van der Waals surface area contributed by atoms with Crippen LogP contribution in [0.3, 0.4) is 0 Å². The van der Waals surface area contributed by atoms with Gasteiger partial charge in [0.2, 0.25) is 6.79 Å². The van der Waals surface area contributed by atoms with Crippen molar-refractivity contribution in [1.82, 2.24) is 10.6 Å². The van der Waals surface area contributed by atoms with Gasteiger partial charge >= 0.3 is 6.03 Å². The van der Waals surface area contributed by atoms with Crippen LogP contribution in [0.2, 0.25) is 0 Å². The topological polar surface area (TPSA) is 79.8 Å².